The molecule has 0 fully saturated rings. The Morgan fingerprint density at radius 3 is 2.29 bits per heavy atom. The number of nitrogens with zero attached hydrogens (tertiary/aromatic N) is 1. The maximum absolute atomic E-state index is 12.0. The molecule has 0 atom stereocenters. The summed E-state index contributed by atoms with van der Waals surface area (Å²) in [4.78, 5) is 17.1. The van der Waals surface area contributed by atoms with Crippen LogP contribution in [0.5, 0.6) is 23.0 Å². The lowest BCUT2D eigenvalue weighted by atomic mass is 10.1. The molecular formula is C27H30N2O6. The minimum Gasteiger partial charge on any atom is -0.493 e. The number of oxime groups is 1. The van der Waals surface area contributed by atoms with Gasteiger partial charge in [0, 0.05) is 12.1 Å². The van der Waals surface area contributed by atoms with Gasteiger partial charge in [-0.25, -0.2) is 0 Å². The van der Waals surface area contributed by atoms with Crippen LogP contribution >= 0.6 is 0 Å². The minimum atomic E-state index is -0.259. The first kappa shape index (κ1) is 25.4. The van der Waals surface area contributed by atoms with Gasteiger partial charge >= 0.3 is 0 Å². The lowest BCUT2D eigenvalue weighted by Crippen LogP contribution is -2.28. The predicted octanol–water partition coefficient (Wildman–Crippen LogP) is 4.00. The molecule has 1 amide bonds. The zero-order valence-corrected chi connectivity index (χ0v) is 20.2. The lowest BCUT2D eigenvalue weighted by Gasteiger charge is -2.11. The van der Waals surface area contributed by atoms with Gasteiger partial charge in [0.05, 0.1) is 27.5 Å². The van der Waals surface area contributed by atoms with E-state index in [2.05, 4.69) is 10.5 Å². The number of ether oxygens (including phenoxy) is 4. The number of carbonyl (C=O) groups is 1. The number of methoxy groups -OCH3 is 3. The molecule has 0 aliphatic rings. The van der Waals surface area contributed by atoms with Crippen molar-refractivity contribution < 1.29 is 28.6 Å². The summed E-state index contributed by atoms with van der Waals surface area (Å²) in [7, 11) is 4.76. The average Bonchev–Trinajstić information content (AvgIpc) is 2.90. The first-order valence-corrected chi connectivity index (χ1v) is 11.1. The summed E-state index contributed by atoms with van der Waals surface area (Å²) in [5.74, 6) is 2.27. The molecule has 0 unspecified atom stereocenters. The molecular weight excluding hydrogens is 448 g/mol. The Kier molecular flexibility index (Phi) is 9.80. The summed E-state index contributed by atoms with van der Waals surface area (Å²) in [6.45, 7) is 0.718. The molecule has 3 rings (SSSR count). The van der Waals surface area contributed by atoms with Crippen molar-refractivity contribution in [1.29, 1.82) is 0 Å². The van der Waals surface area contributed by atoms with E-state index in [0.29, 0.717) is 42.6 Å². The molecule has 0 bridgehead atoms. The van der Waals surface area contributed by atoms with Crippen molar-refractivity contribution >= 4 is 12.1 Å². The van der Waals surface area contributed by atoms with E-state index in [0.717, 1.165) is 16.7 Å². The molecule has 0 aliphatic heterocycles. The molecule has 3 aromatic rings. The molecule has 0 aliphatic carbocycles. The van der Waals surface area contributed by atoms with E-state index in [9.17, 15) is 4.79 Å². The van der Waals surface area contributed by atoms with E-state index in [-0.39, 0.29) is 12.5 Å². The van der Waals surface area contributed by atoms with Gasteiger partial charge in [-0.2, -0.15) is 0 Å². The number of hydrogen-bond donors (Lipinski definition) is 1. The van der Waals surface area contributed by atoms with E-state index >= 15 is 0 Å². The molecule has 8 nitrogen and oxygen atoms in total. The molecule has 0 saturated heterocycles. The highest BCUT2D eigenvalue weighted by Gasteiger charge is 2.07. The van der Waals surface area contributed by atoms with Gasteiger partial charge in [-0.05, 0) is 47.9 Å². The maximum atomic E-state index is 12.0. The SMILES string of the molecule is COc1ccc(CCNC(=O)CO/N=C/c2ccc(OCc3ccccc3)c(OC)c2)cc1OC. The van der Waals surface area contributed by atoms with Crippen LogP contribution in [-0.2, 0) is 22.7 Å². The highest BCUT2D eigenvalue weighted by atomic mass is 16.6. The van der Waals surface area contributed by atoms with Gasteiger partial charge in [0.25, 0.3) is 5.91 Å². The second-order valence-corrected chi connectivity index (χ2v) is 7.48. The van der Waals surface area contributed by atoms with Gasteiger partial charge in [-0.15, -0.1) is 0 Å². The Morgan fingerprint density at radius 1 is 0.829 bits per heavy atom. The Balaban J connectivity index is 1.41. The predicted molar refractivity (Wildman–Crippen MR) is 134 cm³/mol. The van der Waals surface area contributed by atoms with Crippen LogP contribution in [0.15, 0.2) is 71.9 Å². The van der Waals surface area contributed by atoms with E-state index in [4.69, 9.17) is 23.8 Å². The van der Waals surface area contributed by atoms with E-state index in [1.54, 1.807) is 27.4 Å². The Hall–Kier alpha value is -4.20. The van der Waals surface area contributed by atoms with Gasteiger partial charge in [0.1, 0.15) is 6.61 Å². The Morgan fingerprint density at radius 2 is 1.54 bits per heavy atom. The largest absolute Gasteiger partial charge is 0.493 e. The van der Waals surface area contributed by atoms with Crippen LogP contribution in [0.2, 0.25) is 0 Å². The fourth-order valence-corrected chi connectivity index (χ4v) is 3.25. The number of rotatable bonds is 13. The second-order valence-electron chi connectivity index (χ2n) is 7.48. The standard InChI is InChI=1S/C27H30N2O6/c1-31-23-11-9-20(15-25(23)32-2)13-14-28-27(30)19-35-29-17-22-10-12-24(26(16-22)33-3)34-18-21-7-5-4-6-8-21/h4-12,15-17H,13-14,18-19H2,1-3H3,(H,28,30)/b29-17+. The fraction of sp³-hybridized carbons (Fsp3) is 0.259. The van der Waals surface area contributed by atoms with Gasteiger partial charge < -0.3 is 29.1 Å². The molecule has 0 aromatic heterocycles. The van der Waals surface area contributed by atoms with Crippen molar-refractivity contribution in [3.63, 3.8) is 0 Å². The summed E-state index contributed by atoms with van der Waals surface area (Å²) in [5, 5.41) is 6.68. The van der Waals surface area contributed by atoms with Crippen molar-refractivity contribution in [1.82, 2.24) is 5.32 Å². The monoisotopic (exact) mass is 478 g/mol. The Bertz CT molecular complexity index is 1120. The number of carbonyl (C=O) groups excluding carboxylic acids is 1. The number of amides is 1. The van der Waals surface area contributed by atoms with E-state index < -0.39 is 0 Å². The van der Waals surface area contributed by atoms with Crippen LogP contribution in [-0.4, -0.2) is 46.6 Å². The maximum Gasteiger partial charge on any atom is 0.260 e. The van der Waals surface area contributed by atoms with Crippen molar-refractivity contribution in [3.8, 4) is 23.0 Å². The highest BCUT2D eigenvalue weighted by Crippen LogP contribution is 2.29. The third-order valence-electron chi connectivity index (χ3n) is 5.08. The van der Waals surface area contributed by atoms with Gasteiger partial charge in [0.2, 0.25) is 0 Å². The summed E-state index contributed by atoms with van der Waals surface area (Å²) >= 11 is 0. The summed E-state index contributed by atoms with van der Waals surface area (Å²) in [6, 6.07) is 21.0. The smallest absolute Gasteiger partial charge is 0.260 e. The minimum absolute atomic E-state index is 0.183. The van der Waals surface area contributed by atoms with E-state index in [1.165, 1.54) is 6.21 Å². The molecule has 0 radical (unpaired) electrons. The first-order valence-electron chi connectivity index (χ1n) is 11.1. The van der Waals surface area contributed by atoms with Crippen molar-refractivity contribution in [2.45, 2.75) is 13.0 Å². The van der Waals surface area contributed by atoms with Crippen molar-refractivity contribution in [2.24, 2.45) is 5.16 Å². The highest BCUT2D eigenvalue weighted by molar-refractivity contribution is 5.81. The molecule has 184 valence electrons. The van der Waals surface area contributed by atoms with Crippen molar-refractivity contribution in [3.05, 3.63) is 83.4 Å². The fourth-order valence-electron chi connectivity index (χ4n) is 3.25. The average molecular weight is 479 g/mol. The lowest BCUT2D eigenvalue weighted by molar-refractivity contribution is -0.125. The zero-order valence-electron chi connectivity index (χ0n) is 20.2. The van der Waals surface area contributed by atoms with Crippen LogP contribution < -0.4 is 24.3 Å². The topological polar surface area (TPSA) is 87.6 Å². The summed E-state index contributed by atoms with van der Waals surface area (Å²) in [5.41, 5.74) is 2.84. The van der Waals surface area contributed by atoms with Crippen LogP contribution in [0, 0.1) is 0 Å². The van der Waals surface area contributed by atoms with Crippen LogP contribution in [0.25, 0.3) is 0 Å². The molecule has 3 aromatic carbocycles. The summed E-state index contributed by atoms with van der Waals surface area (Å²) in [6.07, 6.45) is 2.16. The number of nitrogens with one attached hydrogen (secondary N) is 1. The first-order chi connectivity index (χ1) is 17.1. The molecule has 35 heavy (non-hydrogen) atoms. The quantitative estimate of drug-likeness (QED) is 0.295. The molecule has 0 spiro atoms. The normalized spacial score (nSPS) is 10.6. The van der Waals surface area contributed by atoms with Crippen molar-refractivity contribution in [2.75, 3.05) is 34.5 Å². The second kappa shape index (κ2) is 13.5. The van der Waals surface area contributed by atoms with Crippen LogP contribution in [0.4, 0.5) is 0 Å². The zero-order chi connectivity index (χ0) is 24.9. The summed E-state index contributed by atoms with van der Waals surface area (Å²) < 4.78 is 21.8. The number of hydrogen-bond acceptors (Lipinski definition) is 7. The number of benzene rings is 3. The van der Waals surface area contributed by atoms with E-state index in [1.807, 2.05) is 60.7 Å². The third-order valence-corrected chi connectivity index (χ3v) is 5.08. The molecule has 0 heterocycles. The molecule has 1 N–H and O–H groups in total. The van der Waals surface area contributed by atoms with Gasteiger partial charge in [-0.1, -0.05) is 41.6 Å². The molecule has 8 heteroatoms. The third kappa shape index (κ3) is 7.96. The Labute approximate surface area is 205 Å². The molecule has 0 saturated carbocycles. The van der Waals surface area contributed by atoms with Gasteiger partial charge in [-0.3, -0.25) is 4.79 Å². The van der Waals surface area contributed by atoms with Gasteiger partial charge in [0.15, 0.2) is 29.6 Å². The van der Waals surface area contributed by atoms with Crippen LogP contribution in [0.3, 0.4) is 0 Å². The van der Waals surface area contributed by atoms with Crippen LogP contribution in [0.1, 0.15) is 16.7 Å².